The van der Waals surface area contributed by atoms with Crippen molar-refractivity contribution >= 4 is 64.6 Å². The maximum atomic E-state index is 3.67. The van der Waals surface area contributed by atoms with Gasteiger partial charge >= 0.3 is 0 Å². The number of hydrogen-bond donors (Lipinski definition) is 1. The Bertz CT molecular complexity index is 732. The Hall–Kier alpha value is -0.200. The average Bonchev–Trinajstić information content (AvgIpc) is 3.04. The lowest BCUT2D eigenvalue weighted by Crippen LogP contribution is -2.21. The van der Waals surface area contributed by atoms with Crippen LogP contribution in [0.2, 0.25) is 0 Å². The lowest BCUT2D eigenvalue weighted by molar-refractivity contribution is 0.643. The van der Waals surface area contributed by atoms with Crippen molar-refractivity contribution in [2.75, 3.05) is 6.54 Å². The van der Waals surface area contributed by atoms with E-state index < -0.39 is 0 Å². The monoisotopic (exact) mass is 429 g/mol. The predicted octanol–water partition coefficient (Wildman–Crippen LogP) is 6.19. The Morgan fingerprint density at radius 3 is 2.70 bits per heavy atom. The molecule has 5 heteroatoms. The van der Waals surface area contributed by atoms with Crippen LogP contribution in [0.5, 0.6) is 0 Å². The number of rotatable bonds is 4. The normalized spacial score (nSPS) is 12.9. The number of benzene rings is 1. The highest BCUT2D eigenvalue weighted by Gasteiger charge is 2.21. The van der Waals surface area contributed by atoms with Crippen LogP contribution in [0.15, 0.2) is 44.0 Å². The van der Waals surface area contributed by atoms with Gasteiger partial charge in [0.1, 0.15) is 0 Å². The molecule has 3 aromatic rings. The molecule has 0 amide bonds. The zero-order valence-corrected chi connectivity index (χ0v) is 15.6. The largest absolute Gasteiger partial charge is 0.306 e. The van der Waals surface area contributed by atoms with Crippen LogP contribution in [0.1, 0.15) is 23.4 Å². The lowest BCUT2D eigenvalue weighted by Gasteiger charge is -2.17. The van der Waals surface area contributed by atoms with E-state index in [1.165, 1.54) is 29.5 Å². The van der Waals surface area contributed by atoms with Crippen LogP contribution in [0.25, 0.3) is 10.1 Å². The van der Waals surface area contributed by atoms with Crippen molar-refractivity contribution in [3.8, 4) is 0 Å². The van der Waals surface area contributed by atoms with Crippen LogP contribution in [0.3, 0.4) is 0 Å². The highest BCUT2D eigenvalue weighted by molar-refractivity contribution is 9.11. The molecule has 0 aliphatic carbocycles. The molecule has 0 aliphatic rings. The Morgan fingerprint density at radius 1 is 1.15 bits per heavy atom. The highest BCUT2D eigenvalue weighted by Crippen LogP contribution is 2.40. The standard InChI is InChI=1S/C15H13Br2NS2/c1-2-18-13(15-12(17)6-7-19-15)10-8-20-14-9(10)4-3-5-11(14)16/h3-8,13,18H,2H2,1H3. The number of halogens is 2. The van der Waals surface area contributed by atoms with Gasteiger partial charge in [-0.2, -0.15) is 0 Å². The summed E-state index contributed by atoms with van der Waals surface area (Å²) in [6.07, 6.45) is 0. The van der Waals surface area contributed by atoms with Gasteiger partial charge in [-0.15, -0.1) is 22.7 Å². The quantitative estimate of drug-likeness (QED) is 0.520. The molecular formula is C15H13Br2NS2. The molecule has 0 bridgehead atoms. The zero-order chi connectivity index (χ0) is 14.1. The van der Waals surface area contributed by atoms with Gasteiger partial charge in [0.15, 0.2) is 0 Å². The maximum absolute atomic E-state index is 3.67. The number of hydrogen-bond acceptors (Lipinski definition) is 3. The summed E-state index contributed by atoms with van der Waals surface area (Å²) < 4.78 is 3.67. The summed E-state index contributed by atoms with van der Waals surface area (Å²) in [7, 11) is 0. The summed E-state index contributed by atoms with van der Waals surface area (Å²) in [5.41, 5.74) is 1.36. The lowest BCUT2D eigenvalue weighted by atomic mass is 10.0. The molecule has 20 heavy (non-hydrogen) atoms. The number of fused-ring (bicyclic) bond motifs is 1. The van der Waals surface area contributed by atoms with Gasteiger partial charge in [-0.1, -0.05) is 19.1 Å². The van der Waals surface area contributed by atoms with Crippen LogP contribution < -0.4 is 5.32 Å². The Labute approximate surface area is 143 Å². The fraction of sp³-hybridized carbons (Fsp3) is 0.200. The summed E-state index contributed by atoms with van der Waals surface area (Å²) in [4.78, 5) is 1.34. The van der Waals surface area contributed by atoms with Crippen LogP contribution in [0.4, 0.5) is 0 Å². The molecule has 0 fully saturated rings. The van der Waals surface area contributed by atoms with Gasteiger partial charge in [-0.3, -0.25) is 0 Å². The van der Waals surface area contributed by atoms with E-state index in [2.05, 4.69) is 79.1 Å². The SMILES string of the molecule is CCNC(c1sccc1Br)c1csc2c(Br)cccc12. The third kappa shape index (κ3) is 2.62. The topological polar surface area (TPSA) is 12.0 Å². The smallest absolute Gasteiger partial charge is 0.0696 e. The van der Waals surface area contributed by atoms with E-state index in [1.54, 1.807) is 22.7 Å². The average molecular weight is 431 g/mol. The summed E-state index contributed by atoms with van der Waals surface area (Å²) in [6, 6.07) is 8.78. The predicted molar refractivity (Wildman–Crippen MR) is 97.1 cm³/mol. The Balaban J connectivity index is 2.15. The molecule has 0 saturated heterocycles. The van der Waals surface area contributed by atoms with Crippen molar-refractivity contribution in [2.24, 2.45) is 0 Å². The Morgan fingerprint density at radius 2 is 2.00 bits per heavy atom. The van der Waals surface area contributed by atoms with E-state index in [0.29, 0.717) is 0 Å². The molecule has 104 valence electrons. The second kappa shape index (κ2) is 6.28. The first-order valence-corrected chi connectivity index (χ1v) is 9.68. The van der Waals surface area contributed by atoms with E-state index >= 15 is 0 Å². The highest BCUT2D eigenvalue weighted by atomic mass is 79.9. The minimum absolute atomic E-state index is 0.248. The molecule has 0 saturated carbocycles. The molecule has 2 aromatic heterocycles. The van der Waals surface area contributed by atoms with Crippen LogP contribution in [0, 0.1) is 0 Å². The number of nitrogens with one attached hydrogen (secondary N) is 1. The fourth-order valence-corrected chi connectivity index (χ4v) is 5.67. The van der Waals surface area contributed by atoms with Crippen LogP contribution in [-0.2, 0) is 0 Å². The van der Waals surface area contributed by atoms with Crippen molar-refractivity contribution in [3.05, 3.63) is 54.4 Å². The molecule has 1 nitrogen and oxygen atoms in total. The third-order valence-electron chi connectivity index (χ3n) is 3.21. The van der Waals surface area contributed by atoms with Crippen molar-refractivity contribution in [1.29, 1.82) is 0 Å². The van der Waals surface area contributed by atoms with Gasteiger partial charge in [0.05, 0.1) is 6.04 Å². The molecule has 0 spiro atoms. The van der Waals surface area contributed by atoms with Gasteiger partial charge in [0, 0.05) is 18.5 Å². The first kappa shape index (κ1) is 14.7. The maximum Gasteiger partial charge on any atom is 0.0696 e. The fourth-order valence-electron chi connectivity index (χ4n) is 2.32. The zero-order valence-electron chi connectivity index (χ0n) is 10.8. The van der Waals surface area contributed by atoms with E-state index in [-0.39, 0.29) is 6.04 Å². The minimum Gasteiger partial charge on any atom is -0.306 e. The molecule has 0 aliphatic heterocycles. The van der Waals surface area contributed by atoms with E-state index in [0.717, 1.165) is 6.54 Å². The van der Waals surface area contributed by atoms with Crippen molar-refractivity contribution in [1.82, 2.24) is 5.32 Å². The molecule has 2 heterocycles. The third-order valence-corrected chi connectivity index (χ3v) is 7.11. The molecule has 1 atom stereocenters. The molecule has 3 rings (SSSR count). The van der Waals surface area contributed by atoms with Crippen LogP contribution >= 0.6 is 54.5 Å². The van der Waals surface area contributed by atoms with Gasteiger partial charge in [-0.25, -0.2) is 0 Å². The van der Waals surface area contributed by atoms with Crippen molar-refractivity contribution < 1.29 is 0 Å². The molecule has 1 aromatic carbocycles. The van der Waals surface area contributed by atoms with Gasteiger partial charge in [-0.05, 0) is 72.2 Å². The molecule has 1 N–H and O–H groups in total. The molecule has 1 unspecified atom stereocenters. The number of thiophene rings is 2. The summed E-state index contributed by atoms with van der Waals surface area (Å²) in [5, 5.41) is 9.35. The van der Waals surface area contributed by atoms with Gasteiger partial charge in [0.2, 0.25) is 0 Å². The summed E-state index contributed by atoms with van der Waals surface area (Å²) in [5.74, 6) is 0. The van der Waals surface area contributed by atoms with Crippen molar-refractivity contribution in [3.63, 3.8) is 0 Å². The van der Waals surface area contributed by atoms with E-state index in [4.69, 9.17) is 0 Å². The van der Waals surface area contributed by atoms with Gasteiger partial charge < -0.3 is 5.32 Å². The molecular weight excluding hydrogens is 418 g/mol. The van der Waals surface area contributed by atoms with Gasteiger partial charge in [0.25, 0.3) is 0 Å². The first-order valence-electron chi connectivity index (χ1n) is 6.34. The Kier molecular flexibility index (Phi) is 4.62. The first-order chi connectivity index (χ1) is 9.72. The summed E-state index contributed by atoms with van der Waals surface area (Å²) >= 11 is 10.9. The summed E-state index contributed by atoms with van der Waals surface area (Å²) in [6.45, 7) is 3.10. The van der Waals surface area contributed by atoms with Crippen LogP contribution in [-0.4, -0.2) is 6.54 Å². The minimum atomic E-state index is 0.248. The van der Waals surface area contributed by atoms with E-state index in [1.807, 2.05) is 0 Å². The van der Waals surface area contributed by atoms with Crippen molar-refractivity contribution in [2.45, 2.75) is 13.0 Å². The molecule has 0 radical (unpaired) electrons. The second-order valence-electron chi connectivity index (χ2n) is 4.43. The van der Waals surface area contributed by atoms with E-state index in [9.17, 15) is 0 Å². The second-order valence-corrected chi connectivity index (χ2v) is 7.97.